The molecule has 0 aliphatic rings. The van der Waals surface area contributed by atoms with Gasteiger partial charge >= 0.3 is 5.97 Å². The normalized spacial score (nSPS) is 10.9. The van der Waals surface area contributed by atoms with Crippen molar-refractivity contribution >= 4 is 29.0 Å². The predicted octanol–water partition coefficient (Wildman–Crippen LogP) is 6.01. The van der Waals surface area contributed by atoms with Crippen molar-refractivity contribution in [2.45, 2.75) is 6.92 Å². The van der Waals surface area contributed by atoms with Gasteiger partial charge in [-0.2, -0.15) is 5.11 Å². The summed E-state index contributed by atoms with van der Waals surface area (Å²) in [6.45, 7) is 2.02. The number of hydrogen-bond acceptors (Lipinski definition) is 7. The molecule has 8 nitrogen and oxygen atoms in total. The molecule has 0 saturated carbocycles. The van der Waals surface area contributed by atoms with Gasteiger partial charge in [-0.05, 0) is 49.4 Å². The van der Waals surface area contributed by atoms with Gasteiger partial charge in [0, 0.05) is 17.4 Å². The Morgan fingerprint density at radius 1 is 0.969 bits per heavy atom. The second kappa shape index (κ2) is 9.05. The van der Waals surface area contributed by atoms with Crippen LogP contribution in [0, 0.1) is 6.92 Å². The summed E-state index contributed by atoms with van der Waals surface area (Å²) >= 11 is 0. The third-order valence-electron chi connectivity index (χ3n) is 4.63. The SMILES string of the molecule is Cc1ccc(Nc2nccc(-c3ccccc3/N=N/c3ccc(O)c(C(=O)O)c3)n2)cc1. The standard InChI is InChI=1S/C24H19N5O3/c1-15-6-8-16(9-7-15)26-24-25-13-12-20(27-24)18-4-2-3-5-21(18)29-28-17-10-11-22(30)19(14-17)23(31)32/h2-14,30H,1H3,(H,31,32)(H,25,26,27)/b29-28+. The van der Waals surface area contributed by atoms with Gasteiger partial charge in [0.2, 0.25) is 5.95 Å². The molecule has 158 valence electrons. The Morgan fingerprint density at radius 3 is 2.53 bits per heavy atom. The number of carbonyl (C=O) groups is 1. The van der Waals surface area contributed by atoms with Gasteiger partial charge in [0.25, 0.3) is 0 Å². The van der Waals surface area contributed by atoms with Crippen molar-refractivity contribution in [2.75, 3.05) is 5.32 Å². The lowest BCUT2D eigenvalue weighted by molar-refractivity contribution is 0.0693. The number of carboxylic acid groups (broad SMARTS) is 1. The molecular weight excluding hydrogens is 406 g/mol. The average molecular weight is 425 g/mol. The number of benzene rings is 3. The summed E-state index contributed by atoms with van der Waals surface area (Å²) in [6.07, 6.45) is 1.66. The van der Waals surface area contributed by atoms with E-state index in [2.05, 4.69) is 25.5 Å². The van der Waals surface area contributed by atoms with Crippen LogP contribution in [0.4, 0.5) is 23.0 Å². The number of aromatic carboxylic acids is 1. The van der Waals surface area contributed by atoms with Crippen LogP contribution in [0.2, 0.25) is 0 Å². The highest BCUT2D eigenvalue weighted by molar-refractivity contribution is 5.91. The van der Waals surface area contributed by atoms with E-state index < -0.39 is 5.97 Å². The highest BCUT2D eigenvalue weighted by atomic mass is 16.4. The van der Waals surface area contributed by atoms with Crippen LogP contribution in [-0.2, 0) is 0 Å². The van der Waals surface area contributed by atoms with Gasteiger partial charge in [-0.15, -0.1) is 5.11 Å². The molecule has 0 amide bonds. The van der Waals surface area contributed by atoms with Crippen LogP contribution in [0.25, 0.3) is 11.3 Å². The van der Waals surface area contributed by atoms with Crippen LogP contribution in [0.5, 0.6) is 5.75 Å². The number of phenols is 1. The smallest absolute Gasteiger partial charge is 0.339 e. The van der Waals surface area contributed by atoms with Crippen molar-refractivity contribution in [2.24, 2.45) is 10.2 Å². The van der Waals surface area contributed by atoms with Crippen molar-refractivity contribution in [3.63, 3.8) is 0 Å². The zero-order valence-corrected chi connectivity index (χ0v) is 17.1. The molecule has 0 saturated heterocycles. The largest absolute Gasteiger partial charge is 0.507 e. The molecule has 0 fully saturated rings. The highest BCUT2D eigenvalue weighted by Crippen LogP contribution is 2.31. The van der Waals surface area contributed by atoms with Gasteiger partial charge in [-0.25, -0.2) is 14.8 Å². The fourth-order valence-electron chi connectivity index (χ4n) is 2.98. The van der Waals surface area contributed by atoms with Crippen LogP contribution in [0.15, 0.2) is 89.2 Å². The first-order chi connectivity index (χ1) is 15.5. The van der Waals surface area contributed by atoms with E-state index in [1.807, 2.05) is 49.4 Å². The molecule has 4 aromatic rings. The van der Waals surface area contributed by atoms with Crippen molar-refractivity contribution < 1.29 is 15.0 Å². The maximum Gasteiger partial charge on any atom is 0.339 e. The number of hydrogen-bond donors (Lipinski definition) is 3. The third kappa shape index (κ3) is 4.76. The van der Waals surface area contributed by atoms with E-state index in [0.717, 1.165) is 16.8 Å². The van der Waals surface area contributed by atoms with Crippen molar-refractivity contribution in [1.82, 2.24) is 9.97 Å². The van der Waals surface area contributed by atoms with Crippen LogP contribution in [-0.4, -0.2) is 26.2 Å². The molecule has 0 aliphatic heterocycles. The summed E-state index contributed by atoms with van der Waals surface area (Å²) in [4.78, 5) is 20.1. The number of anilines is 2. The van der Waals surface area contributed by atoms with E-state index in [0.29, 0.717) is 23.0 Å². The highest BCUT2D eigenvalue weighted by Gasteiger charge is 2.11. The fourth-order valence-corrected chi connectivity index (χ4v) is 2.98. The number of aromatic nitrogens is 2. The zero-order valence-electron chi connectivity index (χ0n) is 17.1. The monoisotopic (exact) mass is 425 g/mol. The number of azo groups is 1. The summed E-state index contributed by atoms with van der Waals surface area (Å²) in [6, 6.07) is 21.1. The topological polar surface area (TPSA) is 120 Å². The minimum atomic E-state index is -1.24. The van der Waals surface area contributed by atoms with Gasteiger partial charge in [0.15, 0.2) is 0 Å². The molecule has 0 radical (unpaired) electrons. The molecule has 3 aromatic carbocycles. The second-order valence-electron chi connectivity index (χ2n) is 6.98. The van der Waals surface area contributed by atoms with Gasteiger partial charge in [0.1, 0.15) is 11.3 Å². The number of aryl methyl sites for hydroxylation is 1. The van der Waals surface area contributed by atoms with Gasteiger partial charge in [-0.1, -0.05) is 35.9 Å². The van der Waals surface area contributed by atoms with Gasteiger partial charge in [-0.3, -0.25) is 0 Å². The molecule has 4 rings (SSSR count). The molecule has 8 heteroatoms. The van der Waals surface area contributed by atoms with E-state index in [1.54, 1.807) is 18.3 Å². The Bertz CT molecular complexity index is 1300. The van der Waals surface area contributed by atoms with E-state index in [4.69, 9.17) is 5.11 Å². The summed E-state index contributed by atoms with van der Waals surface area (Å²) in [5.41, 5.74) is 4.05. The first kappa shape index (κ1) is 20.7. The summed E-state index contributed by atoms with van der Waals surface area (Å²) in [5.74, 6) is -1.12. The Labute approximate surface area is 184 Å². The summed E-state index contributed by atoms with van der Waals surface area (Å²) in [5, 5.41) is 30.4. The maximum atomic E-state index is 11.2. The van der Waals surface area contributed by atoms with E-state index in [1.165, 1.54) is 18.2 Å². The Kier molecular flexibility index (Phi) is 5.85. The first-order valence-electron chi connectivity index (χ1n) is 9.74. The quantitative estimate of drug-likeness (QED) is 0.325. The molecule has 0 bridgehead atoms. The molecular formula is C24H19N5O3. The van der Waals surface area contributed by atoms with Crippen molar-refractivity contribution in [1.29, 1.82) is 0 Å². The fraction of sp³-hybridized carbons (Fsp3) is 0.0417. The minimum absolute atomic E-state index is 0.239. The van der Waals surface area contributed by atoms with Crippen molar-refractivity contribution in [3.8, 4) is 17.0 Å². The summed E-state index contributed by atoms with van der Waals surface area (Å²) in [7, 11) is 0. The predicted molar refractivity (Wildman–Crippen MR) is 121 cm³/mol. The molecule has 0 unspecified atom stereocenters. The molecule has 32 heavy (non-hydrogen) atoms. The number of carboxylic acids is 1. The Hall–Kier alpha value is -4.59. The van der Waals surface area contributed by atoms with E-state index >= 15 is 0 Å². The van der Waals surface area contributed by atoms with E-state index in [9.17, 15) is 9.90 Å². The Balaban J connectivity index is 1.63. The lowest BCUT2D eigenvalue weighted by atomic mass is 10.1. The van der Waals surface area contributed by atoms with Crippen LogP contribution >= 0.6 is 0 Å². The third-order valence-corrected chi connectivity index (χ3v) is 4.63. The van der Waals surface area contributed by atoms with Crippen molar-refractivity contribution in [3.05, 3.63) is 90.1 Å². The first-order valence-corrected chi connectivity index (χ1v) is 9.74. The average Bonchev–Trinajstić information content (AvgIpc) is 2.80. The number of aromatic hydroxyl groups is 1. The second-order valence-corrected chi connectivity index (χ2v) is 6.98. The van der Waals surface area contributed by atoms with Gasteiger partial charge < -0.3 is 15.5 Å². The molecule has 0 atom stereocenters. The molecule has 0 aliphatic carbocycles. The number of nitrogens with zero attached hydrogens (tertiary/aromatic N) is 4. The van der Waals surface area contributed by atoms with Crippen LogP contribution in [0.1, 0.15) is 15.9 Å². The van der Waals surface area contributed by atoms with Crippen LogP contribution in [0.3, 0.4) is 0 Å². The van der Waals surface area contributed by atoms with Crippen LogP contribution < -0.4 is 5.32 Å². The minimum Gasteiger partial charge on any atom is -0.507 e. The summed E-state index contributed by atoms with van der Waals surface area (Å²) < 4.78 is 0. The lowest BCUT2D eigenvalue weighted by Crippen LogP contribution is -1.98. The number of nitrogens with one attached hydrogen (secondary N) is 1. The maximum absolute atomic E-state index is 11.2. The molecule has 3 N–H and O–H groups in total. The molecule has 1 aromatic heterocycles. The molecule has 1 heterocycles. The lowest BCUT2D eigenvalue weighted by Gasteiger charge is -2.08. The van der Waals surface area contributed by atoms with E-state index in [-0.39, 0.29) is 11.3 Å². The Morgan fingerprint density at radius 2 is 1.75 bits per heavy atom. The van der Waals surface area contributed by atoms with Gasteiger partial charge in [0.05, 0.1) is 17.1 Å². The molecule has 0 spiro atoms. The number of rotatable bonds is 6. The zero-order chi connectivity index (χ0) is 22.5.